The van der Waals surface area contributed by atoms with E-state index in [1.807, 2.05) is 15.8 Å². The summed E-state index contributed by atoms with van der Waals surface area (Å²) in [5.41, 5.74) is 8.82. The Hall–Kier alpha value is -4.73. The molecule has 0 atom stereocenters. The van der Waals surface area contributed by atoms with Gasteiger partial charge in [0.15, 0.2) is 17.5 Å². The van der Waals surface area contributed by atoms with Crippen molar-refractivity contribution in [1.29, 1.82) is 0 Å². The Morgan fingerprint density at radius 1 is 0.213 bits per heavy atom. The Bertz CT molecular complexity index is 4420. The first-order valence-corrected chi connectivity index (χ1v) is 59.2. The highest BCUT2D eigenvalue weighted by molar-refractivity contribution is 5.95. The van der Waals surface area contributed by atoms with Crippen LogP contribution in [0.3, 0.4) is 0 Å². The molecular formula is C121H230N26O3. The molecule has 29 nitrogen and oxygen atoms in total. The minimum atomic E-state index is -0.266. The number of likely N-dealkylation sites (tertiary alicyclic amines) is 9. The van der Waals surface area contributed by atoms with E-state index in [1.165, 1.54) is 0 Å². The SMILES string of the molecule is CN1C(C)(C)CC(ON2N=C(N(C3CC(C)(C)N(C)C(C)(C)C3)C3CC(C)(C)N(C)C(C)(C)C3)C=C(N(CCN(C3=CC(N(C4CC(C)(C)N(C)C(C)(C)C4)C4CC(C)(C)N(C)C(C)(C)C4)=NN(OC4CC(C)(C)N(C)C(C)(C)C4)N3)C3CC(C)(C)NC(C)(C)C3)CCN(C3=CC(N(C4CC(C)(C)N(C)C(C)(C)C4)C4CC(C)(C)N(C)C(C)(C)C4)=NN(OC4CC(C)(C)N(C)C(C)(C)C4)N3)C3CC(C)(C)NC(C)(C)C3)N2)CC1(C)C. The van der Waals surface area contributed by atoms with Gasteiger partial charge in [-0.1, -0.05) is 15.8 Å². The predicted octanol–water partition coefficient (Wildman–Crippen LogP) is 20.0. The van der Waals surface area contributed by atoms with Crippen molar-refractivity contribution in [3.05, 3.63) is 35.7 Å². The van der Waals surface area contributed by atoms with Crippen LogP contribution < -0.4 is 26.9 Å². The van der Waals surface area contributed by atoms with E-state index < -0.39 is 0 Å². The molecule has 0 aromatic heterocycles. The fourth-order valence-electron chi connectivity index (χ4n) is 33.6. The summed E-state index contributed by atoms with van der Waals surface area (Å²) in [5.74, 6) is 5.83. The first kappa shape index (κ1) is 121. The van der Waals surface area contributed by atoms with Crippen LogP contribution in [-0.2, 0) is 14.5 Å². The monoisotopic (exact) mass is 2100 g/mol. The number of nitrogens with one attached hydrogen (secondary N) is 5. The zero-order chi connectivity index (χ0) is 112. The van der Waals surface area contributed by atoms with Gasteiger partial charge in [0, 0.05) is 215 Å². The molecule has 14 rings (SSSR count). The molecule has 0 unspecified atom stereocenters. The van der Waals surface area contributed by atoms with Crippen molar-refractivity contribution in [2.45, 2.75) is 634 Å². The molecule has 14 aliphatic heterocycles. The number of hydrogen-bond donors (Lipinski definition) is 5. The number of hydrazone groups is 3. The quantitative estimate of drug-likeness (QED) is 0.0650. The second kappa shape index (κ2) is 39.9. The van der Waals surface area contributed by atoms with Crippen LogP contribution >= 0.6 is 0 Å². The summed E-state index contributed by atoms with van der Waals surface area (Å²) in [5, 5.41) is 32.5. The maximum atomic E-state index is 7.95. The number of rotatable bonds is 23. The van der Waals surface area contributed by atoms with Crippen molar-refractivity contribution in [1.82, 2.24) is 116 Å². The minimum absolute atomic E-state index is 0.0142. The van der Waals surface area contributed by atoms with Crippen LogP contribution in [0.2, 0.25) is 0 Å². The molecule has 0 saturated carbocycles. The second-order valence-electron chi connectivity index (χ2n) is 65.1. The number of amidine groups is 3. The lowest BCUT2D eigenvalue weighted by Gasteiger charge is -2.60. The third kappa shape index (κ3) is 25.2. The summed E-state index contributed by atoms with van der Waals surface area (Å²) < 4.78 is 0. The summed E-state index contributed by atoms with van der Waals surface area (Å²) in [4.78, 5) is 64.5. The normalized spacial score (nSPS) is 30.6. The van der Waals surface area contributed by atoms with Gasteiger partial charge < -0.3 is 40.0 Å². The van der Waals surface area contributed by atoms with Crippen LogP contribution in [-0.4, -0.2) is 385 Å². The fourth-order valence-corrected chi connectivity index (χ4v) is 33.6. The molecule has 0 spiro atoms. The van der Waals surface area contributed by atoms with Gasteiger partial charge in [0.1, 0.15) is 17.5 Å². The Morgan fingerprint density at radius 3 is 0.540 bits per heavy atom. The molecule has 14 aliphatic rings. The highest BCUT2D eigenvalue weighted by atomic mass is 16.8. The molecule has 11 fully saturated rings. The van der Waals surface area contributed by atoms with Crippen molar-refractivity contribution >= 4 is 17.5 Å². The Balaban J connectivity index is 1.03. The van der Waals surface area contributed by atoms with Gasteiger partial charge in [0.2, 0.25) is 0 Å². The minimum Gasteiger partial charge on any atom is -0.353 e. The van der Waals surface area contributed by atoms with E-state index in [-0.39, 0.29) is 189 Å². The van der Waals surface area contributed by atoms with Crippen LogP contribution in [0.15, 0.2) is 51.0 Å². The Morgan fingerprint density at radius 2 is 0.367 bits per heavy atom. The molecule has 29 heteroatoms. The summed E-state index contributed by atoms with van der Waals surface area (Å²) in [6.07, 6.45) is 27.0. The van der Waals surface area contributed by atoms with Gasteiger partial charge in [-0.05, 0) is 509 Å². The third-order valence-electron chi connectivity index (χ3n) is 42.8. The van der Waals surface area contributed by atoms with E-state index in [9.17, 15) is 0 Å². The van der Waals surface area contributed by atoms with Gasteiger partial charge in [-0.2, -0.15) is 0 Å². The molecule has 0 aliphatic carbocycles. The van der Waals surface area contributed by atoms with Crippen LogP contribution in [0.1, 0.15) is 446 Å². The second-order valence-corrected chi connectivity index (χ2v) is 65.1. The molecule has 14 heterocycles. The van der Waals surface area contributed by atoms with Gasteiger partial charge in [-0.15, -0.1) is 15.3 Å². The van der Waals surface area contributed by atoms with E-state index in [2.05, 4.69) is 487 Å². The molecule has 11 saturated heterocycles. The molecule has 150 heavy (non-hydrogen) atoms. The Kier molecular flexibility index (Phi) is 32.1. The summed E-state index contributed by atoms with van der Waals surface area (Å²) in [7, 11) is 21.2. The molecule has 862 valence electrons. The van der Waals surface area contributed by atoms with Gasteiger partial charge in [-0.25, -0.2) is 30.8 Å². The van der Waals surface area contributed by atoms with E-state index in [0.717, 1.165) is 176 Å². The largest absolute Gasteiger partial charge is 0.353 e. The molecule has 0 amide bonds. The molecule has 0 bridgehead atoms. The van der Waals surface area contributed by atoms with Crippen molar-refractivity contribution in [3.8, 4) is 0 Å². The summed E-state index contributed by atoms with van der Waals surface area (Å²) >= 11 is 0. The summed E-state index contributed by atoms with van der Waals surface area (Å²) in [6, 6.07) is 0.759. The van der Waals surface area contributed by atoms with E-state index in [1.54, 1.807) is 0 Å². The zero-order valence-electron chi connectivity index (χ0n) is 107. The fraction of sp³-hybridized carbons (Fsp3) is 0.926. The lowest BCUT2D eigenvalue weighted by atomic mass is 9.73. The van der Waals surface area contributed by atoms with Gasteiger partial charge >= 0.3 is 0 Å². The smallest absolute Gasteiger partial charge is 0.157 e. The van der Waals surface area contributed by atoms with Crippen LogP contribution in [0.5, 0.6) is 0 Å². The highest BCUT2D eigenvalue weighted by Gasteiger charge is 2.60. The first-order valence-electron chi connectivity index (χ1n) is 59.2. The maximum Gasteiger partial charge on any atom is 0.157 e. The number of nitrogens with zero attached hydrogens (tertiary/aromatic N) is 21. The zero-order valence-corrected chi connectivity index (χ0v) is 107. The maximum absolute atomic E-state index is 7.95. The Labute approximate surface area is 918 Å². The van der Waals surface area contributed by atoms with Crippen LogP contribution in [0.25, 0.3) is 0 Å². The molecule has 0 radical (unpaired) electrons. The topological polar surface area (TPSA) is 183 Å². The third-order valence-corrected chi connectivity index (χ3v) is 42.8. The van der Waals surface area contributed by atoms with Gasteiger partial charge in [0.25, 0.3) is 0 Å². The average molecular weight is 2100 g/mol. The van der Waals surface area contributed by atoms with Gasteiger partial charge in [-0.3, -0.25) is 44.1 Å². The predicted molar refractivity (Wildman–Crippen MR) is 624 cm³/mol. The van der Waals surface area contributed by atoms with E-state index in [4.69, 9.17) is 29.8 Å². The van der Waals surface area contributed by atoms with Crippen molar-refractivity contribution in [2.24, 2.45) is 15.3 Å². The molecular weight excluding hydrogens is 1870 g/mol. The van der Waals surface area contributed by atoms with E-state index >= 15 is 0 Å². The van der Waals surface area contributed by atoms with Crippen LogP contribution in [0.4, 0.5) is 0 Å². The van der Waals surface area contributed by atoms with E-state index in [0.29, 0.717) is 26.2 Å². The number of hydrazine groups is 3. The molecule has 5 N–H and O–H groups in total. The lowest BCUT2D eigenvalue weighted by Crippen LogP contribution is -2.68. The number of piperidine rings is 11. The first-order chi connectivity index (χ1) is 67.7. The van der Waals surface area contributed by atoms with Crippen molar-refractivity contribution in [2.75, 3.05) is 89.6 Å². The standard InChI is InChI=1S/C121H230N26O3/c1-100(2)61-83(62-101(3,4)128-100)140(95-59-98(126-146(123-95)149-92-79-118(37,38)137(52)119(39,40)80-92)143(87-69-108(17,18)132(47)109(19,20)70-87)88-71-110(21,22)133(48)111(23,24)72-88)56-54-139(94-58-97(125-145(122-94)148-91-77-116(33,34)136(51)117(35,36)78-91)142(85-65-104(9,10)130(45)105(11,12)66-85)86-67-106(13,14)131(46)107(15,16)68-86)55-57-141(84-63-102(5,6)129-103(7,8)64-84)96-60-99(127-147(124-96)150-93-81-120(41,42)138(53)121(43,44)82-93)144(89-73-112(25,26)134(49)113(27,28)74-89)90-75-114(29,30)135(50)115(31,32)76-90/h58-60,83-93,122-124,128-129H,54-57,61-82H2,1-53H3. The van der Waals surface area contributed by atoms with Crippen molar-refractivity contribution < 1.29 is 14.5 Å². The number of hydrogen-bond acceptors (Lipinski definition) is 29. The summed E-state index contributed by atoms with van der Waals surface area (Å²) in [6.45, 7) is 111. The van der Waals surface area contributed by atoms with Crippen molar-refractivity contribution in [3.63, 3.8) is 0 Å². The highest BCUT2D eigenvalue weighted by Crippen LogP contribution is 2.53. The lowest BCUT2D eigenvalue weighted by molar-refractivity contribution is -0.256. The molecule has 0 aromatic rings. The molecule has 0 aromatic carbocycles. The van der Waals surface area contributed by atoms with Crippen LogP contribution in [0, 0.1) is 0 Å². The average Bonchev–Trinajstić information content (AvgIpc) is 0.738. The van der Waals surface area contributed by atoms with Gasteiger partial charge in [0.05, 0.1) is 18.3 Å².